The van der Waals surface area contributed by atoms with E-state index >= 15 is 0 Å². The molecule has 0 N–H and O–H groups in total. The van der Waals surface area contributed by atoms with Gasteiger partial charge in [-0.25, -0.2) is 4.79 Å². The van der Waals surface area contributed by atoms with Gasteiger partial charge in [-0.15, -0.1) is 0 Å². The van der Waals surface area contributed by atoms with Gasteiger partial charge in [0.05, 0.1) is 48.7 Å². The van der Waals surface area contributed by atoms with E-state index in [9.17, 15) is 9.59 Å². The highest BCUT2D eigenvalue weighted by atomic mass is 16.5. The Balaban J connectivity index is 1.99. The van der Waals surface area contributed by atoms with E-state index in [0.717, 1.165) is 28.1 Å². The van der Waals surface area contributed by atoms with Gasteiger partial charge in [0.2, 0.25) is 0 Å². The fourth-order valence-corrected chi connectivity index (χ4v) is 5.33. The number of ether oxygens (including phenoxy) is 3. The Bertz CT molecular complexity index is 1620. The molecule has 0 unspecified atom stereocenters. The highest BCUT2D eigenvalue weighted by molar-refractivity contribution is 5.97. The van der Waals surface area contributed by atoms with E-state index in [4.69, 9.17) is 14.2 Å². The van der Waals surface area contributed by atoms with Gasteiger partial charge in [0.15, 0.2) is 0 Å². The normalized spacial score (nSPS) is 16.7. The van der Waals surface area contributed by atoms with Crippen LogP contribution in [0.1, 0.15) is 36.8 Å². The average Bonchev–Trinajstić information content (AvgIpc) is 3.24. The first kappa shape index (κ1) is 23.9. The van der Waals surface area contributed by atoms with E-state index in [1.54, 1.807) is 25.8 Å². The van der Waals surface area contributed by atoms with Crippen molar-refractivity contribution in [3.05, 3.63) is 80.1 Å². The molecule has 0 radical (unpaired) electrons. The van der Waals surface area contributed by atoms with Crippen molar-refractivity contribution in [2.45, 2.75) is 32.4 Å². The summed E-state index contributed by atoms with van der Waals surface area (Å²) in [6.45, 7) is 6.59. The maximum atomic E-state index is 13.7. The molecule has 2 aromatic carbocycles. The monoisotopic (exact) mass is 489 g/mol. The second kappa shape index (κ2) is 8.41. The van der Waals surface area contributed by atoms with E-state index in [2.05, 4.69) is 24.5 Å². The minimum absolute atomic E-state index is 0.331. The first-order valence-corrected chi connectivity index (χ1v) is 11.9. The summed E-state index contributed by atoms with van der Waals surface area (Å²) in [6.07, 6.45) is -0.572. The number of hydrogen-bond donors (Lipinski definition) is 0. The van der Waals surface area contributed by atoms with E-state index in [-0.39, 0.29) is 11.2 Å². The van der Waals surface area contributed by atoms with Gasteiger partial charge in [-0.3, -0.25) is 13.9 Å². The van der Waals surface area contributed by atoms with Gasteiger partial charge in [-0.2, -0.15) is 0 Å². The first-order valence-electron chi connectivity index (χ1n) is 11.9. The third-order valence-corrected chi connectivity index (χ3v) is 7.08. The molecule has 3 heterocycles. The lowest BCUT2D eigenvalue weighted by Crippen LogP contribution is -2.40. The van der Waals surface area contributed by atoms with Crippen LogP contribution < -0.4 is 20.7 Å². The van der Waals surface area contributed by atoms with E-state index < -0.39 is 11.6 Å². The number of aromatic nitrogens is 3. The molecule has 0 bridgehead atoms. The molecule has 1 aliphatic heterocycles. The van der Waals surface area contributed by atoms with Crippen LogP contribution in [-0.4, -0.2) is 34.5 Å². The average molecular weight is 490 g/mol. The summed E-state index contributed by atoms with van der Waals surface area (Å²) in [5.74, 6) is 1.26. The lowest BCUT2D eigenvalue weighted by molar-refractivity contribution is -0.00801. The van der Waals surface area contributed by atoms with Crippen molar-refractivity contribution in [1.29, 1.82) is 0 Å². The Labute approximate surface area is 209 Å². The summed E-state index contributed by atoms with van der Waals surface area (Å²) in [5.41, 5.74) is 3.67. The van der Waals surface area contributed by atoms with Crippen LogP contribution in [0.2, 0.25) is 0 Å². The van der Waals surface area contributed by atoms with Crippen molar-refractivity contribution >= 4 is 10.9 Å². The van der Waals surface area contributed by atoms with Crippen molar-refractivity contribution in [2.24, 2.45) is 14.1 Å². The molecule has 2 aromatic heterocycles. The molecule has 8 heteroatoms. The highest BCUT2D eigenvalue weighted by Gasteiger charge is 2.41. The number of fused-ring (bicyclic) bond motifs is 3. The molecule has 1 atom stereocenters. The summed E-state index contributed by atoms with van der Waals surface area (Å²) in [5, 5.41) is 0.497. The highest BCUT2D eigenvalue weighted by Crippen LogP contribution is 2.47. The van der Waals surface area contributed by atoms with Crippen LogP contribution in [0.5, 0.6) is 11.5 Å². The smallest absolute Gasteiger partial charge is 0.331 e. The van der Waals surface area contributed by atoms with E-state index in [1.807, 2.05) is 43.3 Å². The van der Waals surface area contributed by atoms with Crippen molar-refractivity contribution in [2.75, 3.05) is 20.8 Å². The topological polar surface area (TPSA) is 76.6 Å². The van der Waals surface area contributed by atoms with Crippen molar-refractivity contribution in [1.82, 2.24) is 13.7 Å². The van der Waals surface area contributed by atoms with Crippen LogP contribution in [0, 0.1) is 6.92 Å². The quantitative estimate of drug-likeness (QED) is 0.435. The Morgan fingerprint density at radius 2 is 1.75 bits per heavy atom. The Morgan fingerprint density at radius 3 is 2.42 bits per heavy atom. The van der Waals surface area contributed by atoms with Crippen molar-refractivity contribution in [3.63, 3.8) is 0 Å². The Kier molecular flexibility index (Phi) is 5.59. The third kappa shape index (κ3) is 3.39. The largest absolute Gasteiger partial charge is 0.497 e. The number of rotatable bonds is 4. The molecular weight excluding hydrogens is 458 g/mol. The second-order valence-electron chi connectivity index (χ2n) is 9.98. The van der Waals surface area contributed by atoms with Crippen LogP contribution in [0.15, 0.2) is 52.1 Å². The standard InChI is InChI=1S/C28H31N3O5/c1-16-9-8-10-17(13-16)22-21-23(29(4)27(33)30(5)26(21)32)24-25(36-15-28(2,3)31(22)24)19-12-11-18(34-6)14-20(19)35-7/h8-14,25H,15H2,1-7H3/t25-/m1/s1. The van der Waals surface area contributed by atoms with Gasteiger partial charge >= 0.3 is 5.69 Å². The number of aryl methyl sites for hydroxylation is 2. The Morgan fingerprint density at radius 1 is 1.00 bits per heavy atom. The second-order valence-corrected chi connectivity index (χ2v) is 9.98. The van der Waals surface area contributed by atoms with Crippen LogP contribution in [0.4, 0.5) is 0 Å². The van der Waals surface area contributed by atoms with Crippen LogP contribution in [0.3, 0.4) is 0 Å². The fraction of sp³-hybridized carbons (Fsp3) is 0.357. The predicted octanol–water partition coefficient (Wildman–Crippen LogP) is 3.89. The summed E-state index contributed by atoms with van der Waals surface area (Å²) in [6, 6.07) is 13.7. The van der Waals surface area contributed by atoms with Gasteiger partial charge < -0.3 is 18.8 Å². The lowest BCUT2D eigenvalue weighted by atomic mass is 9.97. The molecule has 0 saturated carbocycles. The predicted molar refractivity (Wildman–Crippen MR) is 139 cm³/mol. The van der Waals surface area contributed by atoms with E-state index in [1.165, 1.54) is 11.6 Å². The molecule has 4 aromatic rings. The number of benzene rings is 2. The SMILES string of the molecule is COc1ccc([C@H]2OCC(C)(C)n3c(-c4cccc(C)c4)c4c(=O)n(C)c(=O)n(C)c4c32)c(OC)c1. The van der Waals surface area contributed by atoms with E-state index in [0.29, 0.717) is 29.0 Å². The van der Waals surface area contributed by atoms with Crippen molar-refractivity contribution in [3.8, 4) is 22.8 Å². The zero-order valence-electron chi connectivity index (χ0n) is 21.7. The van der Waals surface area contributed by atoms with Gasteiger partial charge in [0, 0.05) is 25.7 Å². The summed E-state index contributed by atoms with van der Waals surface area (Å²) in [4.78, 5) is 26.8. The maximum Gasteiger partial charge on any atom is 0.331 e. The maximum absolute atomic E-state index is 13.7. The number of nitrogens with zero attached hydrogens (tertiary/aromatic N) is 3. The summed E-state index contributed by atoms with van der Waals surface area (Å²) in [7, 11) is 6.43. The van der Waals surface area contributed by atoms with Crippen LogP contribution in [-0.2, 0) is 24.4 Å². The molecule has 36 heavy (non-hydrogen) atoms. The first-order chi connectivity index (χ1) is 17.1. The molecule has 0 saturated heterocycles. The zero-order valence-corrected chi connectivity index (χ0v) is 21.7. The number of methoxy groups -OCH3 is 2. The van der Waals surface area contributed by atoms with Gasteiger partial charge in [-0.05, 0) is 44.5 Å². The molecule has 0 amide bonds. The van der Waals surface area contributed by atoms with Gasteiger partial charge in [0.1, 0.15) is 17.6 Å². The molecule has 0 fully saturated rings. The lowest BCUT2D eigenvalue weighted by Gasteiger charge is -2.39. The molecule has 188 valence electrons. The van der Waals surface area contributed by atoms with Gasteiger partial charge in [0.25, 0.3) is 5.56 Å². The minimum atomic E-state index is -0.572. The molecule has 0 spiro atoms. The Hall–Kier alpha value is -3.78. The molecule has 5 rings (SSSR count). The summed E-state index contributed by atoms with van der Waals surface area (Å²) >= 11 is 0. The summed E-state index contributed by atoms with van der Waals surface area (Å²) < 4.78 is 22.5. The fourth-order valence-electron chi connectivity index (χ4n) is 5.33. The zero-order chi connectivity index (χ0) is 25.9. The molecular formula is C28H31N3O5. The number of hydrogen-bond acceptors (Lipinski definition) is 5. The molecule has 1 aliphatic rings. The van der Waals surface area contributed by atoms with Crippen molar-refractivity contribution < 1.29 is 14.2 Å². The molecule has 8 nitrogen and oxygen atoms in total. The van der Waals surface area contributed by atoms with Crippen LogP contribution >= 0.6 is 0 Å². The minimum Gasteiger partial charge on any atom is -0.497 e. The molecule has 0 aliphatic carbocycles. The third-order valence-electron chi connectivity index (χ3n) is 7.08. The van der Waals surface area contributed by atoms with Gasteiger partial charge in [-0.1, -0.05) is 23.8 Å². The van der Waals surface area contributed by atoms with Crippen LogP contribution in [0.25, 0.3) is 22.2 Å².